The van der Waals surface area contributed by atoms with Crippen LogP contribution in [0.2, 0.25) is 0 Å². The molecule has 2 amide bonds. The third-order valence-corrected chi connectivity index (χ3v) is 7.91. The largest absolute Gasteiger partial charge is 0.492 e. The van der Waals surface area contributed by atoms with E-state index in [0.717, 1.165) is 47.3 Å². The van der Waals surface area contributed by atoms with Gasteiger partial charge in [0.15, 0.2) is 0 Å². The Morgan fingerprint density at radius 3 is 2.55 bits per heavy atom. The van der Waals surface area contributed by atoms with Crippen molar-refractivity contribution in [2.24, 2.45) is 0 Å². The normalized spacial score (nSPS) is 18.4. The molecule has 3 heterocycles. The molecule has 1 aromatic heterocycles. The van der Waals surface area contributed by atoms with E-state index in [1.165, 1.54) is 0 Å². The molecule has 2 atom stereocenters. The number of aromatic nitrogens is 1. The summed E-state index contributed by atoms with van der Waals surface area (Å²) in [6, 6.07) is 23.1. The summed E-state index contributed by atoms with van der Waals surface area (Å²) in [7, 11) is 0. The third kappa shape index (κ3) is 6.13. The molecule has 0 spiro atoms. The minimum Gasteiger partial charge on any atom is -0.492 e. The molecule has 0 radical (unpaired) electrons. The zero-order chi connectivity index (χ0) is 29.3. The second-order valence-electron chi connectivity index (χ2n) is 10.9. The summed E-state index contributed by atoms with van der Waals surface area (Å²) in [5.41, 5.74) is 2.74. The number of hydrogen-bond acceptors (Lipinski definition) is 5. The van der Waals surface area contributed by atoms with Crippen LogP contribution in [0.5, 0.6) is 5.75 Å². The number of alkyl halides is 3. The summed E-state index contributed by atoms with van der Waals surface area (Å²) < 4.78 is 47.2. The molecule has 2 fully saturated rings. The molecule has 3 aromatic carbocycles. The van der Waals surface area contributed by atoms with E-state index >= 15 is 0 Å². The number of likely N-dealkylation sites (tertiary alicyclic amines) is 2. The zero-order valence-corrected chi connectivity index (χ0v) is 23.2. The second-order valence-corrected chi connectivity index (χ2v) is 10.9. The lowest BCUT2D eigenvalue weighted by Gasteiger charge is -2.34. The van der Waals surface area contributed by atoms with E-state index in [-0.39, 0.29) is 36.2 Å². The first-order valence-corrected chi connectivity index (χ1v) is 14.0. The molecule has 2 aliphatic rings. The Morgan fingerprint density at radius 2 is 1.79 bits per heavy atom. The predicted octanol–water partition coefficient (Wildman–Crippen LogP) is 6.35. The highest BCUT2D eigenvalue weighted by atomic mass is 19.4. The molecule has 10 heteroatoms. The van der Waals surface area contributed by atoms with Crippen LogP contribution in [0.15, 0.2) is 78.9 Å². The van der Waals surface area contributed by atoms with Gasteiger partial charge in [0.1, 0.15) is 12.4 Å². The van der Waals surface area contributed by atoms with Crippen LogP contribution in [0.1, 0.15) is 23.2 Å². The van der Waals surface area contributed by atoms with Gasteiger partial charge in [-0.1, -0.05) is 48.5 Å². The van der Waals surface area contributed by atoms with Gasteiger partial charge >= 0.3 is 12.2 Å². The van der Waals surface area contributed by atoms with Crippen LogP contribution in [-0.2, 0) is 12.7 Å². The van der Waals surface area contributed by atoms with Crippen LogP contribution < -0.4 is 15.4 Å². The number of hydrogen-bond donors (Lipinski definition) is 2. The molecule has 2 bridgehead atoms. The number of nitrogens with one attached hydrogen (secondary N) is 2. The standard InChI is InChI=1S/C32H32F3N5O2/c1-21-13-30(28-9-5-6-10-29(28)37-21)38-24-14-23(32(33,34)35)15-27(16-24)42-12-11-39-19-26-17-25(39)20-40(26)31(41)36-18-22-7-3-2-4-8-22/h2-10,13-16,25-26H,11-12,17-20H2,1H3,(H,36,41)(H,37,38). The Labute approximate surface area is 242 Å². The molecular weight excluding hydrogens is 543 g/mol. The molecule has 7 nitrogen and oxygen atoms in total. The van der Waals surface area contributed by atoms with Crippen LogP contribution in [0.25, 0.3) is 10.9 Å². The number of aryl methyl sites for hydroxylation is 1. The number of nitrogens with zero attached hydrogens (tertiary/aromatic N) is 3. The number of para-hydroxylation sites is 1. The van der Waals surface area contributed by atoms with Crippen molar-refractivity contribution in [2.45, 2.75) is 38.1 Å². The van der Waals surface area contributed by atoms with E-state index in [0.29, 0.717) is 25.3 Å². The highest BCUT2D eigenvalue weighted by Crippen LogP contribution is 2.36. The molecule has 42 heavy (non-hydrogen) atoms. The first-order chi connectivity index (χ1) is 20.2. The number of anilines is 2. The Bertz CT molecular complexity index is 1580. The number of amides is 2. The number of rotatable bonds is 8. The number of carbonyl (C=O) groups excluding carboxylic acids is 1. The van der Waals surface area contributed by atoms with Gasteiger partial charge in [0.25, 0.3) is 0 Å². The first kappa shape index (κ1) is 27.8. The number of piperazine rings is 1. The lowest BCUT2D eigenvalue weighted by Crippen LogP contribution is -2.52. The summed E-state index contributed by atoms with van der Waals surface area (Å²) in [6.07, 6.45) is -3.64. The number of fused-ring (bicyclic) bond motifs is 3. The maximum absolute atomic E-state index is 13.8. The zero-order valence-electron chi connectivity index (χ0n) is 23.2. The monoisotopic (exact) mass is 575 g/mol. The minimum absolute atomic E-state index is 0.0663. The Morgan fingerprint density at radius 1 is 1.00 bits per heavy atom. The molecule has 2 unspecified atom stereocenters. The fourth-order valence-corrected chi connectivity index (χ4v) is 5.91. The van der Waals surface area contributed by atoms with Crippen LogP contribution in [-0.4, -0.2) is 59.1 Å². The maximum atomic E-state index is 13.8. The number of ether oxygens (including phenoxy) is 1. The molecular formula is C32H32F3N5O2. The van der Waals surface area contributed by atoms with Crippen LogP contribution in [0.3, 0.4) is 0 Å². The van der Waals surface area contributed by atoms with Crippen LogP contribution in [0, 0.1) is 6.92 Å². The van der Waals surface area contributed by atoms with Gasteiger partial charge in [0, 0.05) is 66.8 Å². The lowest BCUT2D eigenvalue weighted by atomic mass is 10.1. The smallest absolute Gasteiger partial charge is 0.416 e. The van der Waals surface area contributed by atoms with Crippen molar-refractivity contribution in [3.05, 3.63) is 95.7 Å². The van der Waals surface area contributed by atoms with Crippen molar-refractivity contribution in [2.75, 3.05) is 31.6 Å². The number of carbonyl (C=O) groups is 1. The molecule has 6 rings (SSSR count). The molecule has 4 aromatic rings. The number of urea groups is 1. The topological polar surface area (TPSA) is 69.7 Å². The van der Waals surface area contributed by atoms with Crippen molar-refractivity contribution in [3.8, 4) is 5.75 Å². The van der Waals surface area contributed by atoms with Crippen molar-refractivity contribution in [3.63, 3.8) is 0 Å². The molecule has 218 valence electrons. The van der Waals surface area contributed by atoms with Gasteiger partial charge in [-0.25, -0.2) is 4.79 Å². The van der Waals surface area contributed by atoms with E-state index in [2.05, 4.69) is 20.5 Å². The van der Waals surface area contributed by atoms with E-state index in [4.69, 9.17) is 4.74 Å². The first-order valence-electron chi connectivity index (χ1n) is 14.0. The number of halogens is 3. The highest BCUT2D eigenvalue weighted by molar-refractivity contribution is 5.93. The Hall–Kier alpha value is -4.31. The SMILES string of the molecule is Cc1cc(Nc2cc(OCCN3CC4CC3CN4C(=O)NCc3ccccc3)cc(C(F)(F)F)c2)c2ccccc2n1. The summed E-state index contributed by atoms with van der Waals surface area (Å²) >= 11 is 0. The third-order valence-electron chi connectivity index (χ3n) is 7.91. The lowest BCUT2D eigenvalue weighted by molar-refractivity contribution is -0.137. The van der Waals surface area contributed by atoms with Gasteiger partial charge in [-0.15, -0.1) is 0 Å². The summed E-state index contributed by atoms with van der Waals surface area (Å²) in [4.78, 5) is 21.4. The summed E-state index contributed by atoms with van der Waals surface area (Å²) in [6.45, 7) is 4.48. The average Bonchev–Trinajstić information content (AvgIpc) is 3.57. The van der Waals surface area contributed by atoms with Gasteiger partial charge in [-0.05, 0) is 43.2 Å². The quantitative estimate of drug-likeness (QED) is 0.256. The Balaban J connectivity index is 1.07. The van der Waals surface area contributed by atoms with Gasteiger partial charge in [-0.3, -0.25) is 9.88 Å². The van der Waals surface area contributed by atoms with Gasteiger partial charge < -0.3 is 20.3 Å². The van der Waals surface area contributed by atoms with Crippen LogP contribution in [0.4, 0.5) is 29.3 Å². The fourth-order valence-electron chi connectivity index (χ4n) is 5.91. The summed E-state index contributed by atoms with van der Waals surface area (Å²) in [5, 5.41) is 6.97. The fraction of sp³-hybridized carbons (Fsp3) is 0.312. The van der Waals surface area contributed by atoms with Crippen molar-refractivity contribution in [1.29, 1.82) is 0 Å². The van der Waals surface area contributed by atoms with Crippen molar-refractivity contribution < 1.29 is 22.7 Å². The predicted molar refractivity (Wildman–Crippen MR) is 156 cm³/mol. The summed E-state index contributed by atoms with van der Waals surface area (Å²) in [5.74, 6) is 0.147. The van der Waals surface area contributed by atoms with Crippen LogP contribution >= 0.6 is 0 Å². The number of benzene rings is 3. The molecule has 2 N–H and O–H groups in total. The van der Waals surface area contributed by atoms with E-state index in [1.807, 2.05) is 72.5 Å². The van der Waals surface area contributed by atoms with E-state index < -0.39 is 11.7 Å². The number of pyridine rings is 1. The average molecular weight is 576 g/mol. The molecule has 0 saturated carbocycles. The van der Waals surface area contributed by atoms with E-state index in [1.54, 1.807) is 6.07 Å². The molecule has 0 aliphatic carbocycles. The minimum atomic E-state index is -4.52. The maximum Gasteiger partial charge on any atom is 0.416 e. The van der Waals surface area contributed by atoms with Gasteiger partial charge in [0.2, 0.25) is 0 Å². The highest BCUT2D eigenvalue weighted by Gasteiger charge is 2.45. The Kier molecular flexibility index (Phi) is 7.64. The second kappa shape index (κ2) is 11.5. The van der Waals surface area contributed by atoms with Gasteiger partial charge in [0.05, 0.1) is 11.1 Å². The van der Waals surface area contributed by atoms with Crippen molar-refractivity contribution >= 4 is 28.3 Å². The van der Waals surface area contributed by atoms with Crippen molar-refractivity contribution in [1.82, 2.24) is 20.1 Å². The van der Waals surface area contributed by atoms with Gasteiger partial charge in [-0.2, -0.15) is 13.2 Å². The molecule has 2 saturated heterocycles. The van der Waals surface area contributed by atoms with E-state index in [9.17, 15) is 18.0 Å². The molecule has 2 aliphatic heterocycles.